The maximum absolute atomic E-state index is 11.8. The number of halogens is 1. The number of carboxylic acids is 1. The summed E-state index contributed by atoms with van der Waals surface area (Å²) in [6, 6.07) is 5.11. The molecule has 19 heavy (non-hydrogen) atoms. The Hall–Kier alpha value is -1.56. The molecule has 1 aromatic carbocycles. The van der Waals surface area contributed by atoms with Crippen LogP contribution in [0.3, 0.4) is 0 Å². The molecule has 5 nitrogen and oxygen atoms in total. The molecule has 0 unspecified atom stereocenters. The molecule has 1 amide bonds. The van der Waals surface area contributed by atoms with E-state index in [1.54, 1.807) is 18.2 Å². The average molecular weight is 329 g/mol. The fraction of sp³-hybridized carbons (Fsp3) is 0.385. The molecular formula is C13H17BrN2O3. The first-order valence-corrected chi connectivity index (χ1v) is 6.85. The summed E-state index contributed by atoms with van der Waals surface area (Å²) in [5.41, 5.74) is 6.63. The van der Waals surface area contributed by atoms with Crippen molar-refractivity contribution in [2.75, 3.05) is 12.3 Å². The van der Waals surface area contributed by atoms with E-state index in [4.69, 9.17) is 10.8 Å². The van der Waals surface area contributed by atoms with E-state index in [9.17, 15) is 9.59 Å². The number of nitrogens with one attached hydrogen (secondary N) is 1. The Kier molecular flexibility index (Phi) is 6.35. The number of carbonyl (C=O) groups is 2. The van der Waals surface area contributed by atoms with Crippen LogP contribution in [0.1, 0.15) is 36.0 Å². The molecule has 6 heteroatoms. The van der Waals surface area contributed by atoms with Crippen molar-refractivity contribution in [3.63, 3.8) is 0 Å². The molecule has 0 heterocycles. The summed E-state index contributed by atoms with van der Waals surface area (Å²) < 4.78 is 0.829. The molecule has 0 saturated carbocycles. The van der Waals surface area contributed by atoms with Gasteiger partial charge in [0.2, 0.25) is 0 Å². The minimum atomic E-state index is -0.785. The Labute approximate surface area is 120 Å². The standard InChI is InChI=1S/C13H17BrN2O3/c14-9-5-6-10(11(15)8-9)13(19)16-7-3-1-2-4-12(17)18/h5-6,8H,1-4,7,15H2,(H,16,19)(H,17,18). The molecule has 0 aliphatic rings. The summed E-state index contributed by atoms with van der Waals surface area (Å²) in [6.45, 7) is 0.522. The van der Waals surface area contributed by atoms with Gasteiger partial charge in [0.25, 0.3) is 5.91 Å². The number of hydrogen-bond acceptors (Lipinski definition) is 3. The van der Waals surface area contributed by atoms with E-state index >= 15 is 0 Å². The lowest BCUT2D eigenvalue weighted by Crippen LogP contribution is -2.25. The number of nitrogens with two attached hydrogens (primary N) is 1. The fourth-order valence-corrected chi connectivity index (χ4v) is 1.99. The number of amides is 1. The second-order valence-electron chi connectivity index (χ2n) is 4.19. The van der Waals surface area contributed by atoms with Crippen LogP contribution in [-0.2, 0) is 4.79 Å². The van der Waals surface area contributed by atoms with Crippen molar-refractivity contribution in [3.8, 4) is 0 Å². The minimum absolute atomic E-state index is 0.174. The molecular weight excluding hydrogens is 312 g/mol. The van der Waals surface area contributed by atoms with Crippen LogP contribution < -0.4 is 11.1 Å². The fourth-order valence-electron chi connectivity index (χ4n) is 1.62. The summed E-state index contributed by atoms with van der Waals surface area (Å²) >= 11 is 3.28. The lowest BCUT2D eigenvalue weighted by atomic mass is 10.1. The third-order valence-corrected chi connectivity index (χ3v) is 3.10. The number of carbonyl (C=O) groups excluding carboxylic acids is 1. The second kappa shape index (κ2) is 7.78. The molecule has 1 aromatic rings. The number of hydrogen-bond donors (Lipinski definition) is 3. The van der Waals surface area contributed by atoms with Gasteiger partial charge in [-0.1, -0.05) is 22.4 Å². The molecule has 0 saturated heterocycles. The smallest absolute Gasteiger partial charge is 0.303 e. The van der Waals surface area contributed by atoms with Gasteiger partial charge in [-0.2, -0.15) is 0 Å². The molecule has 0 radical (unpaired) electrons. The first-order chi connectivity index (χ1) is 9.00. The largest absolute Gasteiger partial charge is 0.481 e. The van der Waals surface area contributed by atoms with E-state index in [-0.39, 0.29) is 12.3 Å². The third-order valence-electron chi connectivity index (χ3n) is 2.61. The molecule has 0 atom stereocenters. The van der Waals surface area contributed by atoms with E-state index in [1.165, 1.54) is 0 Å². The molecule has 0 fully saturated rings. The van der Waals surface area contributed by atoms with Crippen molar-refractivity contribution >= 4 is 33.5 Å². The highest BCUT2D eigenvalue weighted by atomic mass is 79.9. The lowest BCUT2D eigenvalue weighted by molar-refractivity contribution is -0.137. The summed E-state index contributed by atoms with van der Waals surface area (Å²) in [7, 11) is 0. The van der Waals surface area contributed by atoms with E-state index in [1.807, 2.05) is 0 Å². The topological polar surface area (TPSA) is 92.4 Å². The predicted octanol–water partition coefficient (Wildman–Crippen LogP) is 2.41. The second-order valence-corrected chi connectivity index (χ2v) is 5.11. The minimum Gasteiger partial charge on any atom is -0.481 e. The molecule has 0 aliphatic heterocycles. The van der Waals surface area contributed by atoms with Gasteiger partial charge < -0.3 is 16.2 Å². The Morgan fingerprint density at radius 2 is 2.00 bits per heavy atom. The maximum atomic E-state index is 11.8. The van der Waals surface area contributed by atoms with Gasteiger partial charge in [-0.3, -0.25) is 9.59 Å². The number of rotatable bonds is 7. The quantitative estimate of drug-likeness (QED) is 0.529. The first kappa shape index (κ1) is 15.5. The normalized spacial score (nSPS) is 10.2. The van der Waals surface area contributed by atoms with Crippen LogP contribution in [0.15, 0.2) is 22.7 Å². The van der Waals surface area contributed by atoms with Crippen molar-refractivity contribution in [1.29, 1.82) is 0 Å². The first-order valence-electron chi connectivity index (χ1n) is 6.05. The van der Waals surface area contributed by atoms with Crippen molar-refractivity contribution in [2.24, 2.45) is 0 Å². The van der Waals surface area contributed by atoms with Crippen molar-refractivity contribution in [2.45, 2.75) is 25.7 Å². The molecule has 0 aliphatic carbocycles. The number of carboxylic acid groups (broad SMARTS) is 1. The summed E-state index contributed by atoms with van der Waals surface area (Å²) in [4.78, 5) is 22.1. The van der Waals surface area contributed by atoms with Crippen LogP contribution in [0, 0.1) is 0 Å². The number of unbranched alkanes of at least 4 members (excludes halogenated alkanes) is 2. The van der Waals surface area contributed by atoms with E-state index in [0.717, 1.165) is 17.3 Å². The SMILES string of the molecule is Nc1cc(Br)ccc1C(=O)NCCCCCC(=O)O. The molecule has 0 bridgehead atoms. The average Bonchev–Trinajstić information content (AvgIpc) is 2.32. The van der Waals surface area contributed by atoms with Gasteiger partial charge >= 0.3 is 5.97 Å². The summed E-state index contributed by atoms with van der Waals surface area (Å²) in [5.74, 6) is -0.991. The van der Waals surface area contributed by atoms with Gasteiger partial charge in [0.15, 0.2) is 0 Å². The van der Waals surface area contributed by atoms with Crippen LogP contribution in [-0.4, -0.2) is 23.5 Å². The lowest BCUT2D eigenvalue weighted by Gasteiger charge is -2.07. The number of aliphatic carboxylic acids is 1. The van der Waals surface area contributed by atoms with Crippen LogP contribution in [0.4, 0.5) is 5.69 Å². The number of anilines is 1. The van der Waals surface area contributed by atoms with E-state index in [2.05, 4.69) is 21.2 Å². The monoisotopic (exact) mass is 328 g/mol. The zero-order valence-corrected chi connectivity index (χ0v) is 12.1. The summed E-state index contributed by atoms with van der Waals surface area (Å²) in [5, 5.41) is 11.2. The zero-order valence-electron chi connectivity index (χ0n) is 10.5. The number of nitrogen functional groups attached to an aromatic ring is 1. The van der Waals surface area contributed by atoms with Crippen molar-refractivity contribution in [3.05, 3.63) is 28.2 Å². The molecule has 0 spiro atoms. The van der Waals surface area contributed by atoms with Crippen LogP contribution in [0.25, 0.3) is 0 Å². The van der Waals surface area contributed by atoms with Gasteiger partial charge in [0.05, 0.1) is 5.56 Å². The molecule has 1 rings (SSSR count). The van der Waals surface area contributed by atoms with Gasteiger partial charge in [-0.25, -0.2) is 0 Å². The predicted molar refractivity (Wildman–Crippen MR) is 77.0 cm³/mol. The van der Waals surface area contributed by atoms with Crippen LogP contribution in [0.2, 0.25) is 0 Å². The highest BCUT2D eigenvalue weighted by molar-refractivity contribution is 9.10. The van der Waals surface area contributed by atoms with Gasteiger partial charge in [-0.05, 0) is 31.0 Å². The maximum Gasteiger partial charge on any atom is 0.303 e. The van der Waals surface area contributed by atoms with Crippen LogP contribution >= 0.6 is 15.9 Å². The van der Waals surface area contributed by atoms with Gasteiger partial charge in [0, 0.05) is 23.1 Å². The molecule has 0 aromatic heterocycles. The van der Waals surface area contributed by atoms with Gasteiger partial charge in [-0.15, -0.1) is 0 Å². The zero-order chi connectivity index (χ0) is 14.3. The Bertz CT molecular complexity index is 463. The highest BCUT2D eigenvalue weighted by Crippen LogP contribution is 2.18. The summed E-state index contributed by atoms with van der Waals surface area (Å²) in [6.07, 6.45) is 2.34. The molecule has 104 valence electrons. The van der Waals surface area contributed by atoms with Crippen molar-refractivity contribution in [1.82, 2.24) is 5.32 Å². The van der Waals surface area contributed by atoms with Gasteiger partial charge in [0.1, 0.15) is 0 Å². The van der Waals surface area contributed by atoms with E-state index < -0.39 is 5.97 Å². The Morgan fingerprint density at radius 3 is 2.63 bits per heavy atom. The molecule has 4 N–H and O–H groups in total. The van der Waals surface area contributed by atoms with E-state index in [0.29, 0.717) is 24.2 Å². The van der Waals surface area contributed by atoms with Crippen molar-refractivity contribution < 1.29 is 14.7 Å². The highest BCUT2D eigenvalue weighted by Gasteiger charge is 2.08. The third kappa shape index (κ3) is 5.74. The Morgan fingerprint density at radius 1 is 1.26 bits per heavy atom. The number of benzene rings is 1. The van der Waals surface area contributed by atoms with Crippen LogP contribution in [0.5, 0.6) is 0 Å². The Balaban J connectivity index is 2.29.